The van der Waals surface area contributed by atoms with Crippen molar-refractivity contribution in [1.82, 2.24) is 4.90 Å². The molecule has 4 heteroatoms. The topological polar surface area (TPSA) is 42.7 Å². The highest BCUT2D eigenvalue weighted by atomic mass is 16.5. The Hall–Kier alpha value is -1.29. The number of hydrogen-bond donors (Lipinski definition) is 0. The Labute approximate surface area is 138 Å². The van der Waals surface area contributed by atoms with Gasteiger partial charge in [-0.05, 0) is 43.7 Å². The van der Waals surface area contributed by atoms with Crippen molar-refractivity contribution in [3.8, 4) is 0 Å². The van der Waals surface area contributed by atoms with Gasteiger partial charge in [0, 0.05) is 43.9 Å². The number of hydrogen-bond acceptors (Lipinski definition) is 3. The standard InChI is InChI=1S/C19H27NO3/c1-13-10-17(13)18-6-4-16(23-18)5-7-19(21)20(15-2-3-15)11-14-8-9-22-12-14/h4,6,13-15,17H,2-3,5,7-12H2,1H3/t13-,14-,17-/m1/s1. The number of rotatable bonds is 7. The van der Waals surface area contributed by atoms with Crippen molar-refractivity contribution in [2.75, 3.05) is 19.8 Å². The van der Waals surface area contributed by atoms with Crippen LogP contribution in [-0.4, -0.2) is 36.6 Å². The van der Waals surface area contributed by atoms with E-state index in [1.807, 2.05) is 0 Å². The summed E-state index contributed by atoms with van der Waals surface area (Å²) in [5, 5.41) is 0. The lowest BCUT2D eigenvalue weighted by atomic mass is 10.1. The first-order chi connectivity index (χ1) is 11.2. The van der Waals surface area contributed by atoms with Crippen LogP contribution in [0.2, 0.25) is 0 Å². The third kappa shape index (κ3) is 3.63. The predicted molar refractivity (Wildman–Crippen MR) is 87.2 cm³/mol. The number of nitrogens with zero attached hydrogens (tertiary/aromatic N) is 1. The fourth-order valence-corrected chi connectivity index (χ4v) is 3.67. The number of carbonyl (C=O) groups excluding carboxylic acids is 1. The first kappa shape index (κ1) is 15.3. The quantitative estimate of drug-likeness (QED) is 0.774. The third-order valence-electron chi connectivity index (χ3n) is 5.53. The molecule has 1 aliphatic heterocycles. The van der Waals surface area contributed by atoms with E-state index in [4.69, 9.17) is 9.15 Å². The van der Waals surface area contributed by atoms with E-state index in [1.165, 1.54) is 19.3 Å². The zero-order valence-corrected chi connectivity index (χ0v) is 14.0. The average molecular weight is 317 g/mol. The van der Waals surface area contributed by atoms with Crippen LogP contribution in [0.5, 0.6) is 0 Å². The van der Waals surface area contributed by atoms with Gasteiger partial charge in [-0.25, -0.2) is 0 Å². The zero-order chi connectivity index (χ0) is 15.8. The van der Waals surface area contributed by atoms with Gasteiger partial charge in [-0.1, -0.05) is 6.92 Å². The number of ether oxygens (including phenoxy) is 1. The third-order valence-corrected chi connectivity index (χ3v) is 5.53. The van der Waals surface area contributed by atoms with E-state index in [2.05, 4.69) is 24.0 Å². The Kier molecular flexibility index (Phi) is 4.18. The van der Waals surface area contributed by atoms with Gasteiger partial charge in [-0.15, -0.1) is 0 Å². The van der Waals surface area contributed by atoms with Crippen LogP contribution in [0.1, 0.15) is 56.5 Å². The van der Waals surface area contributed by atoms with Crippen molar-refractivity contribution >= 4 is 5.91 Å². The van der Waals surface area contributed by atoms with E-state index in [0.29, 0.717) is 24.3 Å². The van der Waals surface area contributed by atoms with Gasteiger partial charge >= 0.3 is 0 Å². The minimum atomic E-state index is 0.289. The Morgan fingerprint density at radius 2 is 2.13 bits per heavy atom. The van der Waals surface area contributed by atoms with E-state index in [9.17, 15) is 4.79 Å². The van der Waals surface area contributed by atoms with Gasteiger partial charge < -0.3 is 14.1 Å². The molecule has 2 aliphatic carbocycles. The van der Waals surface area contributed by atoms with E-state index < -0.39 is 0 Å². The Morgan fingerprint density at radius 1 is 1.30 bits per heavy atom. The average Bonchev–Trinajstić information content (AvgIpc) is 3.40. The minimum absolute atomic E-state index is 0.289. The predicted octanol–water partition coefficient (Wildman–Crippen LogP) is 3.36. The molecule has 2 heterocycles. The molecular weight excluding hydrogens is 290 g/mol. The van der Waals surface area contributed by atoms with Gasteiger partial charge in [0.1, 0.15) is 11.5 Å². The Balaban J connectivity index is 1.29. The van der Waals surface area contributed by atoms with Gasteiger partial charge in [-0.3, -0.25) is 4.79 Å². The van der Waals surface area contributed by atoms with Crippen molar-refractivity contribution in [3.05, 3.63) is 23.7 Å². The molecule has 1 amide bonds. The molecule has 0 spiro atoms. The van der Waals surface area contributed by atoms with Gasteiger partial charge in [0.25, 0.3) is 0 Å². The van der Waals surface area contributed by atoms with Crippen LogP contribution >= 0.6 is 0 Å². The summed E-state index contributed by atoms with van der Waals surface area (Å²) in [5.41, 5.74) is 0. The number of amides is 1. The second kappa shape index (κ2) is 6.31. The van der Waals surface area contributed by atoms with Crippen LogP contribution < -0.4 is 0 Å². The highest BCUT2D eigenvalue weighted by Crippen LogP contribution is 2.47. The van der Waals surface area contributed by atoms with Crippen LogP contribution in [0.15, 0.2) is 16.5 Å². The van der Waals surface area contributed by atoms with Crippen LogP contribution in [0, 0.1) is 11.8 Å². The summed E-state index contributed by atoms with van der Waals surface area (Å²) < 4.78 is 11.4. The van der Waals surface area contributed by atoms with Crippen LogP contribution in [-0.2, 0) is 16.0 Å². The molecule has 1 saturated heterocycles. The van der Waals surface area contributed by atoms with Crippen molar-refractivity contribution in [2.45, 2.75) is 57.4 Å². The zero-order valence-electron chi connectivity index (χ0n) is 14.0. The first-order valence-corrected chi connectivity index (χ1v) is 9.16. The molecule has 23 heavy (non-hydrogen) atoms. The molecule has 2 saturated carbocycles. The van der Waals surface area contributed by atoms with Crippen molar-refractivity contribution in [2.24, 2.45) is 11.8 Å². The normalized spacial score (nSPS) is 29.7. The molecule has 0 unspecified atom stereocenters. The molecule has 1 aromatic heterocycles. The molecule has 126 valence electrons. The summed E-state index contributed by atoms with van der Waals surface area (Å²) in [4.78, 5) is 14.8. The van der Waals surface area contributed by atoms with Crippen LogP contribution in [0.25, 0.3) is 0 Å². The van der Waals surface area contributed by atoms with E-state index in [0.717, 1.165) is 50.0 Å². The van der Waals surface area contributed by atoms with E-state index in [1.54, 1.807) is 0 Å². The van der Waals surface area contributed by atoms with Crippen molar-refractivity contribution < 1.29 is 13.9 Å². The molecule has 0 aromatic carbocycles. The highest BCUT2D eigenvalue weighted by molar-refractivity contribution is 5.77. The molecule has 3 aliphatic rings. The van der Waals surface area contributed by atoms with Crippen LogP contribution in [0.4, 0.5) is 0 Å². The summed E-state index contributed by atoms with van der Waals surface area (Å²) in [6.45, 7) is 4.81. The molecule has 4 nitrogen and oxygen atoms in total. The lowest BCUT2D eigenvalue weighted by Gasteiger charge is -2.25. The Bertz CT molecular complexity index is 557. The second-order valence-electron chi connectivity index (χ2n) is 7.63. The maximum atomic E-state index is 12.6. The summed E-state index contributed by atoms with van der Waals surface area (Å²) in [5.74, 6) is 4.28. The van der Waals surface area contributed by atoms with Crippen LogP contribution in [0.3, 0.4) is 0 Å². The lowest BCUT2D eigenvalue weighted by Crippen LogP contribution is -2.37. The SMILES string of the molecule is C[C@@H]1C[C@H]1c1ccc(CCC(=O)N(C[C@H]2CCOC2)C2CC2)o1. The summed E-state index contributed by atoms with van der Waals surface area (Å²) in [6.07, 6.45) is 5.97. The minimum Gasteiger partial charge on any atom is -0.466 e. The fraction of sp³-hybridized carbons (Fsp3) is 0.737. The molecule has 0 radical (unpaired) electrons. The molecule has 1 aromatic rings. The monoisotopic (exact) mass is 317 g/mol. The van der Waals surface area contributed by atoms with Gasteiger partial charge in [0.2, 0.25) is 5.91 Å². The number of furan rings is 1. The Morgan fingerprint density at radius 3 is 2.78 bits per heavy atom. The maximum absolute atomic E-state index is 12.6. The second-order valence-corrected chi connectivity index (χ2v) is 7.63. The van der Waals surface area contributed by atoms with Gasteiger partial charge in [0.05, 0.1) is 6.61 Å². The molecule has 4 rings (SSSR count). The fourth-order valence-electron chi connectivity index (χ4n) is 3.67. The van der Waals surface area contributed by atoms with Crippen molar-refractivity contribution in [1.29, 1.82) is 0 Å². The van der Waals surface area contributed by atoms with Gasteiger partial charge in [-0.2, -0.15) is 0 Å². The molecular formula is C19H27NO3. The smallest absolute Gasteiger partial charge is 0.223 e. The molecule has 0 bridgehead atoms. The van der Waals surface area contributed by atoms with E-state index >= 15 is 0 Å². The first-order valence-electron chi connectivity index (χ1n) is 9.16. The summed E-state index contributed by atoms with van der Waals surface area (Å²) in [6, 6.07) is 4.64. The highest BCUT2D eigenvalue weighted by Gasteiger charge is 2.37. The summed E-state index contributed by atoms with van der Waals surface area (Å²) in [7, 11) is 0. The van der Waals surface area contributed by atoms with Gasteiger partial charge in [0.15, 0.2) is 0 Å². The number of carbonyl (C=O) groups is 1. The molecule has 3 fully saturated rings. The summed E-state index contributed by atoms with van der Waals surface area (Å²) >= 11 is 0. The maximum Gasteiger partial charge on any atom is 0.223 e. The molecule has 0 N–H and O–H groups in total. The number of aryl methyl sites for hydroxylation is 1. The van der Waals surface area contributed by atoms with E-state index in [-0.39, 0.29) is 5.91 Å². The lowest BCUT2D eigenvalue weighted by molar-refractivity contribution is -0.132. The molecule has 3 atom stereocenters. The van der Waals surface area contributed by atoms with Crippen molar-refractivity contribution in [3.63, 3.8) is 0 Å². The largest absolute Gasteiger partial charge is 0.466 e.